The van der Waals surface area contributed by atoms with E-state index < -0.39 is 23.4 Å². The predicted molar refractivity (Wildman–Crippen MR) is 110 cm³/mol. The van der Waals surface area contributed by atoms with Crippen LogP contribution >= 0.6 is 0 Å². The molecule has 0 radical (unpaired) electrons. The van der Waals surface area contributed by atoms with E-state index in [-0.39, 0.29) is 10.8 Å². The van der Waals surface area contributed by atoms with Crippen LogP contribution in [-0.4, -0.2) is 11.2 Å². The molecular weight excluding hydrogens is 409 g/mol. The number of alkyl halides is 3. The molecule has 0 amide bonds. The number of hydrogen-bond donors (Lipinski definition) is 0. The lowest BCUT2D eigenvalue weighted by atomic mass is 9.85. The highest BCUT2D eigenvalue weighted by Crippen LogP contribution is 2.33. The highest BCUT2D eigenvalue weighted by molar-refractivity contribution is 5.88. The fourth-order valence-corrected chi connectivity index (χ4v) is 3.82. The van der Waals surface area contributed by atoms with Gasteiger partial charge >= 0.3 is 6.18 Å². The molecule has 1 atom stereocenters. The van der Waals surface area contributed by atoms with E-state index in [2.05, 4.69) is 18.0 Å². The highest BCUT2D eigenvalue weighted by atomic mass is 19.4. The Balaban J connectivity index is 1.66. The Bertz CT molecular complexity index is 1230. The lowest BCUT2D eigenvalue weighted by Crippen LogP contribution is -2.03. The molecule has 0 fully saturated rings. The number of aromatic nitrogens is 1. The zero-order valence-corrected chi connectivity index (χ0v) is 16.7. The minimum atomic E-state index is -4.83. The Morgan fingerprint density at radius 1 is 1.06 bits per heavy atom. The monoisotopic (exact) mass is 427 g/mol. The number of hydrogen-bond acceptors (Lipinski definition) is 1. The van der Waals surface area contributed by atoms with Crippen molar-refractivity contribution in [2.75, 3.05) is 0 Å². The van der Waals surface area contributed by atoms with E-state index in [1.807, 2.05) is 18.3 Å². The number of rotatable bonds is 2. The fraction of sp³-hybridized carbons (Fsp3) is 0.240. The summed E-state index contributed by atoms with van der Waals surface area (Å²) in [6.45, 7) is 2.13. The van der Waals surface area contributed by atoms with Gasteiger partial charge in [-0.3, -0.25) is 4.98 Å². The van der Waals surface area contributed by atoms with E-state index in [4.69, 9.17) is 0 Å². The van der Waals surface area contributed by atoms with Crippen molar-refractivity contribution in [3.05, 3.63) is 77.0 Å². The van der Waals surface area contributed by atoms with Crippen molar-refractivity contribution in [1.82, 2.24) is 4.98 Å². The van der Waals surface area contributed by atoms with Gasteiger partial charge in [-0.25, -0.2) is 8.78 Å². The van der Waals surface area contributed by atoms with Gasteiger partial charge in [-0.1, -0.05) is 35.8 Å². The molecule has 0 bridgehead atoms. The van der Waals surface area contributed by atoms with Gasteiger partial charge in [-0.15, -0.1) is 0 Å². The minimum Gasteiger partial charge on any atom is -0.256 e. The van der Waals surface area contributed by atoms with Crippen LogP contribution in [0.25, 0.3) is 22.0 Å². The molecule has 0 saturated heterocycles. The van der Waals surface area contributed by atoms with Gasteiger partial charge in [0.15, 0.2) is 0 Å². The topological polar surface area (TPSA) is 12.9 Å². The molecule has 158 valence electrons. The zero-order chi connectivity index (χ0) is 22.2. The second kappa shape index (κ2) is 8.14. The summed E-state index contributed by atoms with van der Waals surface area (Å²) in [7, 11) is 0. The lowest BCUT2D eigenvalue weighted by Gasteiger charge is -2.20. The second-order valence-electron chi connectivity index (χ2n) is 7.73. The normalized spacial score (nSPS) is 16.6. The van der Waals surface area contributed by atoms with Gasteiger partial charge in [0, 0.05) is 23.1 Å². The van der Waals surface area contributed by atoms with Gasteiger partial charge in [0.1, 0.15) is 11.6 Å². The van der Waals surface area contributed by atoms with Crippen LogP contribution in [0, 0.1) is 23.5 Å². The van der Waals surface area contributed by atoms with Crippen molar-refractivity contribution in [2.45, 2.75) is 38.3 Å². The van der Waals surface area contributed by atoms with Crippen molar-refractivity contribution >= 4 is 10.8 Å². The smallest absolute Gasteiger partial charge is 0.256 e. The van der Waals surface area contributed by atoms with Crippen molar-refractivity contribution in [3.8, 4) is 23.1 Å². The van der Waals surface area contributed by atoms with Crippen LogP contribution in [0.3, 0.4) is 0 Å². The summed E-state index contributed by atoms with van der Waals surface area (Å²) in [6, 6.07) is 9.46. The van der Waals surface area contributed by atoms with Crippen LogP contribution in [0.5, 0.6) is 0 Å². The molecule has 1 aromatic heterocycles. The van der Waals surface area contributed by atoms with Crippen molar-refractivity contribution < 1.29 is 22.0 Å². The van der Waals surface area contributed by atoms with Gasteiger partial charge in [0.05, 0.1) is 11.3 Å². The SMILES string of the molecule is CC1=CCC(c2ccc(-c3ccc4c(F)c(C#CC(F)(F)F)c(F)cc4c3)nc2)CC1. The molecular formula is C25H18F5N. The maximum Gasteiger partial charge on any atom is 0.458 e. The Labute approximate surface area is 176 Å². The number of nitrogens with zero attached hydrogens (tertiary/aromatic N) is 1. The summed E-state index contributed by atoms with van der Waals surface area (Å²) in [5, 5.41) is 0.224. The summed E-state index contributed by atoms with van der Waals surface area (Å²) >= 11 is 0. The van der Waals surface area contributed by atoms with Crippen molar-refractivity contribution in [3.63, 3.8) is 0 Å². The van der Waals surface area contributed by atoms with E-state index >= 15 is 0 Å². The zero-order valence-electron chi connectivity index (χ0n) is 16.7. The van der Waals surface area contributed by atoms with Crippen molar-refractivity contribution in [2.24, 2.45) is 0 Å². The summed E-state index contributed by atoms with van der Waals surface area (Å²) in [5.41, 5.74) is 2.97. The molecule has 1 aliphatic rings. The number of benzene rings is 2. The van der Waals surface area contributed by atoms with Gasteiger partial charge in [-0.2, -0.15) is 13.2 Å². The van der Waals surface area contributed by atoms with E-state index in [1.165, 1.54) is 11.6 Å². The van der Waals surface area contributed by atoms with Gasteiger partial charge in [0.2, 0.25) is 0 Å². The molecule has 1 unspecified atom stereocenters. The Kier molecular flexibility index (Phi) is 5.53. The van der Waals surface area contributed by atoms with Gasteiger partial charge in [-0.05, 0) is 61.3 Å². The Morgan fingerprint density at radius 3 is 2.52 bits per heavy atom. The highest BCUT2D eigenvalue weighted by Gasteiger charge is 2.24. The largest absolute Gasteiger partial charge is 0.458 e. The standard InChI is InChI=1S/C25H18F5N/c1-15-2-4-16(5-3-15)18-7-9-23(31-14-18)17-6-8-20-19(12-17)13-22(26)21(24(20)27)10-11-25(28,29)30/h2,6-9,12-14,16H,3-5H2,1H3. The third kappa shape index (κ3) is 4.61. The second-order valence-corrected chi connectivity index (χ2v) is 7.73. The minimum absolute atomic E-state index is 0.00222. The van der Waals surface area contributed by atoms with Crippen LogP contribution in [0.2, 0.25) is 0 Å². The molecule has 0 spiro atoms. The molecule has 0 N–H and O–H groups in total. The molecule has 3 aromatic rings. The molecule has 31 heavy (non-hydrogen) atoms. The predicted octanol–water partition coefficient (Wildman–Crippen LogP) is 7.31. The molecule has 1 nitrogen and oxygen atoms in total. The summed E-state index contributed by atoms with van der Waals surface area (Å²) in [5.74, 6) is 0.658. The Hall–Kier alpha value is -3.20. The number of pyridine rings is 1. The Morgan fingerprint density at radius 2 is 1.87 bits per heavy atom. The maximum atomic E-state index is 14.6. The van der Waals surface area contributed by atoms with Gasteiger partial charge < -0.3 is 0 Å². The average Bonchev–Trinajstić information content (AvgIpc) is 2.73. The van der Waals surface area contributed by atoms with Crippen LogP contribution < -0.4 is 0 Å². The molecule has 1 heterocycles. The number of allylic oxidation sites excluding steroid dienone is 2. The fourth-order valence-electron chi connectivity index (χ4n) is 3.82. The molecule has 1 aliphatic carbocycles. The summed E-state index contributed by atoms with van der Waals surface area (Å²) in [6.07, 6.45) is 2.39. The van der Waals surface area contributed by atoms with Crippen LogP contribution in [0.1, 0.15) is 43.2 Å². The summed E-state index contributed by atoms with van der Waals surface area (Å²) < 4.78 is 65.7. The van der Waals surface area contributed by atoms with Crippen molar-refractivity contribution in [1.29, 1.82) is 0 Å². The van der Waals surface area contributed by atoms with Gasteiger partial charge in [0.25, 0.3) is 0 Å². The molecule has 4 rings (SSSR count). The third-order valence-corrected chi connectivity index (χ3v) is 5.55. The van der Waals surface area contributed by atoms with E-state index in [0.29, 0.717) is 17.2 Å². The first kappa shape index (κ1) is 21.0. The maximum absolute atomic E-state index is 14.6. The lowest BCUT2D eigenvalue weighted by molar-refractivity contribution is -0.0696. The van der Waals surface area contributed by atoms with Crippen LogP contribution in [-0.2, 0) is 0 Å². The third-order valence-electron chi connectivity index (χ3n) is 5.55. The number of halogens is 5. The van der Waals surface area contributed by atoms with E-state index in [1.54, 1.807) is 18.1 Å². The average molecular weight is 427 g/mol. The van der Waals surface area contributed by atoms with Crippen LogP contribution in [0.4, 0.5) is 22.0 Å². The quantitative estimate of drug-likeness (QED) is 0.237. The molecule has 2 aromatic carbocycles. The van der Waals surface area contributed by atoms with E-state index in [9.17, 15) is 22.0 Å². The number of fused-ring (bicyclic) bond motifs is 1. The molecule has 6 heteroatoms. The molecule has 0 aliphatic heterocycles. The first-order valence-electron chi connectivity index (χ1n) is 9.85. The first-order chi connectivity index (χ1) is 14.7. The summed E-state index contributed by atoms with van der Waals surface area (Å²) in [4.78, 5) is 4.51. The van der Waals surface area contributed by atoms with Crippen LogP contribution in [0.15, 0.2) is 54.2 Å². The van der Waals surface area contributed by atoms with E-state index in [0.717, 1.165) is 36.8 Å². The first-order valence-corrected chi connectivity index (χ1v) is 9.85. The molecule has 0 saturated carbocycles.